The standard InChI is InChI=1S/C14H10BrClFNO/c1-8-3-2-4-12(13(8)15)18-14(19)9-5-6-11(17)10(16)7-9/h2-7H,1H3,(H,18,19). The van der Waals surface area contributed by atoms with Gasteiger partial charge in [-0.05, 0) is 52.7 Å². The molecule has 2 nitrogen and oxygen atoms in total. The van der Waals surface area contributed by atoms with Gasteiger partial charge in [0.25, 0.3) is 5.91 Å². The van der Waals surface area contributed by atoms with Crippen molar-refractivity contribution in [3.8, 4) is 0 Å². The van der Waals surface area contributed by atoms with E-state index in [9.17, 15) is 9.18 Å². The van der Waals surface area contributed by atoms with Gasteiger partial charge in [0.1, 0.15) is 5.82 Å². The Balaban J connectivity index is 2.26. The first kappa shape index (κ1) is 14.0. The summed E-state index contributed by atoms with van der Waals surface area (Å²) in [4.78, 5) is 12.0. The molecular weight excluding hydrogens is 333 g/mol. The smallest absolute Gasteiger partial charge is 0.255 e. The molecule has 98 valence electrons. The molecule has 0 radical (unpaired) electrons. The molecule has 0 saturated carbocycles. The van der Waals surface area contributed by atoms with Gasteiger partial charge in [0.2, 0.25) is 0 Å². The fourth-order valence-electron chi connectivity index (χ4n) is 1.58. The van der Waals surface area contributed by atoms with Crippen LogP contribution in [0.25, 0.3) is 0 Å². The minimum absolute atomic E-state index is 0.0732. The van der Waals surface area contributed by atoms with Gasteiger partial charge in [-0.3, -0.25) is 4.79 Å². The Bertz CT molecular complexity index is 645. The highest BCUT2D eigenvalue weighted by atomic mass is 79.9. The number of hydrogen-bond acceptors (Lipinski definition) is 1. The molecule has 19 heavy (non-hydrogen) atoms. The van der Waals surface area contributed by atoms with E-state index in [0.717, 1.165) is 10.0 Å². The van der Waals surface area contributed by atoms with Crippen LogP contribution in [0.4, 0.5) is 10.1 Å². The lowest BCUT2D eigenvalue weighted by Crippen LogP contribution is -2.12. The van der Waals surface area contributed by atoms with Crippen molar-refractivity contribution in [2.45, 2.75) is 6.92 Å². The molecule has 2 aromatic carbocycles. The SMILES string of the molecule is Cc1cccc(NC(=O)c2ccc(F)c(Cl)c2)c1Br. The normalized spacial score (nSPS) is 10.3. The van der Waals surface area contributed by atoms with Crippen LogP contribution in [-0.2, 0) is 0 Å². The van der Waals surface area contributed by atoms with E-state index in [0.29, 0.717) is 11.3 Å². The fraction of sp³-hybridized carbons (Fsp3) is 0.0714. The fourth-order valence-corrected chi connectivity index (χ4v) is 2.12. The molecule has 0 fully saturated rings. The number of benzene rings is 2. The number of hydrogen-bond donors (Lipinski definition) is 1. The van der Waals surface area contributed by atoms with Crippen molar-refractivity contribution in [2.75, 3.05) is 5.32 Å². The Morgan fingerprint density at radius 2 is 2.05 bits per heavy atom. The van der Waals surface area contributed by atoms with Gasteiger partial charge in [-0.25, -0.2) is 4.39 Å². The van der Waals surface area contributed by atoms with Crippen molar-refractivity contribution in [1.82, 2.24) is 0 Å². The summed E-state index contributed by atoms with van der Waals surface area (Å²) >= 11 is 9.06. The van der Waals surface area contributed by atoms with Crippen LogP contribution in [0.1, 0.15) is 15.9 Å². The Morgan fingerprint density at radius 1 is 1.32 bits per heavy atom. The summed E-state index contributed by atoms with van der Waals surface area (Å²) in [5, 5.41) is 2.67. The zero-order valence-electron chi connectivity index (χ0n) is 10.0. The van der Waals surface area contributed by atoms with Gasteiger partial charge in [-0.2, -0.15) is 0 Å². The molecule has 1 amide bonds. The zero-order chi connectivity index (χ0) is 14.0. The van der Waals surface area contributed by atoms with Crippen molar-refractivity contribution in [1.29, 1.82) is 0 Å². The summed E-state index contributed by atoms with van der Waals surface area (Å²) in [6.45, 7) is 1.93. The van der Waals surface area contributed by atoms with Crippen molar-refractivity contribution < 1.29 is 9.18 Å². The highest BCUT2D eigenvalue weighted by Gasteiger charge is 2.11. The highest BCUT2D eigenvalue weighted by molar-refractivity contribution is 9.10. The molecule has 2 aromatic rings. The molecule has 0 atom stereocenters. The number of anilines is 1. The largest absolute Gasteiger partial charge is 0.321 e. The van der Waals surface area contributed by atoms with E-state index in [1.54, 1.807) is 6.07 Å². The Labute approximate surface area is 123 Å². The second kappa shape index (κ2) is 5.72. The lowest BCUT2D eigenvalue weighted by atomic mass is 10.2. The Morgan fingerprint density at radius 3 is 2.74 bits per heavy atom. The first-order valence-electron chi connectivity index (χ1n) is 5.50. The molecule has 0 saturated heterocycles. The maximum Gasteiger partial charge on any atom is 0.255 e. The molecule has 0 unspecified atom stereocenters. The number of amides is 1. The molecule has 0 aliphatic carbocycles. The predicted molar refractivity (Wildman–Crippen MR) is 78.2 cm³/mol. The summed E-state index contributed by atoms with van der Waals surface area (Å²) in [5.74, 6) is -0.886. The summed E-state index contributed by atoms with van der Waals surface area (Å²) in [5.41, 5.74) is 1.97. The quantitative estimate of drug-likeness (QED) is 0.834. The third kappa shape index (κ3) is 3.14. The lowest BCUT2D eigenvalue weighted by molar-refractivity contribution is 0.102. The number of aryl methyl sites for hydroxylation is 1. The average Bonchev–Trinajstić information content (AvgIpc) is 2.38. The minimum atomic E-state index is -0.546. The maximum absolute atomic E-state index is 13.0. The molecule has 0 heterocycles. The van der Waals surface area contributed by atoms with Gasteiger partial charge in [-0.15, -0.1) is 0 Å². The van der Waals surface area contributed by atoms with Crippen LogP contribution in [0.5, 0.6) is 0 Å². The van der Waals surface area contributed by atoms with Gasteiger partial charge in [0.15, 0.2) is 0 Å². The molecule has 0 bridgehead atoms. The number of nitrogens with one attached hydrogen (secondary N) is 1. The molecule has 0 aliphatic heterocycles. The number of halogens is 3. The minimum Gasteiger partial charge on any atom is -0.321 e. The third-order valence-corrected chi connectivity index (χ3v) is 3.96. The second-order valence-corrected chi connectivity index (χ2v) is 5.22. The van der Waals surface area contributed by atoms with Crippen LogP contribution in [0.15, 0.2) is 40.9 Å². The van der Waals surface area contributed by atoms with Crippen LogP contribution in [0.2, 0.25) is 5.02 Å². The molecule has 0 spiro atoms. The van der Waals surface area contributed by atoms with Gasteiger partial charge < -0.3 is 5.32 Å². The van der Waals surface area contributed by atoms with Gasteiger partial charge in [-0.1, -0.05) is 23.7 Å². The molecular formula is C14H10BrClFNO. The number of carbonyl (C=O) groups excluding carboxylic acids is 1. The number of rotatable bonds is 2. The lowest BCUT2D eigenvalue weighted by Gasteiger charge is -2.09. The number of carbonyl (C=O) groups is 1. The van der Waals surface area contributed by atoms with Crippen LogP contribution in [0, 0.1) is 12.7 Å². The van der Waals surface area contributed by atoms with E-state index in [4.69, 9.17) is 11.6 Å². The second-order valence-electron chi connectivity index (χ2n) is 4.02. The Kier molecular flexibility index (Phi) is 4.22. The first-order valence-corrected chi connectivity index (χ1v) is 6.67. The van der Waals surface area contributed by atoms with Crippen LogP contribution >= 0.6 is 27.5 Å². The van der Waals surface area contributed by atoms with Gasteiger partial charge in [0.05, 0.1) is 10.7 Å². The summed E-state index contributed by atoms with van der Waals surface area (Å²) < 4.78 is 13.9. The maximum atomic E-state index is 13.0. The van der Waals surface area contributed by atoms with Crippen LogP contribution in [0.3, 0.4) is 0 Å². The van der Waals surface area contributed by atoms with E-state index in [1.807, 2.05) is 19.1 Å². The third-order valence-electron chi connectivity index (χ3n) is 2.62. The van der Waals surface area contributed by atoms with Gasteiger partial charge in [0, 0.05) is 10.0 Å². The Hall–Kier alpha value is -1.39. The van der Waals surface area contributed by atoms with E-state index in [1.165, 1.54) is 18.2 Å². The summed E-state index contributed by atoms with van der Waals surface area (Å²) in [6, 6.07) is 9.40. The predicted octanol–water partition coefficient (Wildman–Crippen LogP) is 4.80. The van der Waals surface area contributed by atoms with Crippen molar-refractivity contribution in [3.63, 3.8) is 0 Å². The average molecular weight is 343 g/mol. The van der Waals surface area contributed by atoms with Crippen molar-refractivity contribution >= 4 is 39.1 Å². The van der Waals surface area contributed by atoms with E-state index < -0.39 is 5.82 Å². The van der Waals surface area contributed by atoms with Crippen LogP contribution < -0.4 is 5.32 Å². The summed E-state index contributed by atoms with van der Waals surface area (Å²) in [7, 11) is 0. The van der Waals surface area contributed by atoms with E-state index >= 15 is 0 Å². The van der Waals surface area contributed by atoms with Crippen molar-refractivity contribution in [2.24, 2.45) is 0 Å². The molecule has 5 heteroatoms. The summed E-state index contributed by atoms with van der Waals surface area (Å²) in [6.07, 6.45) is 0. The van der Waals surface area contributed by atoms with Crippen LogP contribution in [-0.4, -0.2) is 5.91 Å². The molecule has 0 aromatic heterocycles. The van der Waals surface area contributed by atoms with E-state index in [2.05, 4.69) is 21.2 Å². The van der Waals surface area contributed by atoms with Crippen molar-refractivity contribution in [3.05, 3.63) is 62.8 Å². The topological polar surface area (TPSA) is 29.1 Å². The van der Waals surface area contributed by atoms with Gasteiger partial charge >= 0.3 is 0 Å². The first-order chi connectivity index (χ1) is 8.99. The zero-order valence-corrected chi connectivity index (χ0v) is 12.3. The molecule has 1 N–H and O–H groups in total. The highest BCUT2D eigenvalue weighted by Crippen LogP contribution is 2.26. The molecule has 2 rings (SSSR count). The monoisotopic (exact) mass is 341 g/mol. The molecule has 0 aliphatic rings. The van der Waals surface area contributed by atoms with E-state index in [-0.39, 0.29) is 10.9 Å².